The number of carbonyl (C=O) groups is 1. The van der Waals surface area contributed by atoms with Gasteiger partial charge in [0.1, 0.15) is 15.8 Å². The van der Waals surface area contributed by atoms with Crippen molar-refractivity contribution in [1.29, 1.82) is 0 Å². The van der Waals surface area contributed by atoms with Crippen molar-refractivity contribution in [2.45, 2.75) is 10.6 Å². The second-order valence-corrected chi connectivity index (χ2v) is 10.7. The van der Waals surface area contributed by atoms with Crippen LogP contribution in [0.3, 0.4) is 0 Å². The summed E-state index contributed by atoms with van der Waals surface area (Å²) in [6.45, 7) is 0. The highest BCUT2D eigenvalue weighted by Crippen LogP contribution is 2.21. The Balaban J connectivity index is 1.42. The van der Waals surface area contributed by atoms with Crippen LogP contribution in [-0.2, 0) is 21.1 Å². The number of carbonyl (C=O) groups excluding carboxylic acids is 1. The summed E-state index contributed by atoms with van der Waals surface area (Å²) < 4.78 is 40.8. The monoisotopic (exact) mass is 481 g/mol. The molecule has 33 heavy (non-hydrogen) atoms. The summed E-state index contributed by atoms with van der Waals surface area (Å²) in [4.78, 5) is 32.5. The fourth-order valence-corrected chi connectivity index (χ4v) is 6.05. The zero-order chi connectivity index (χ0) is 23.2. The molecule has 10 heteroatoms. The lowest BCUT2D eigenvalue weighted by molar-refractivity contribution is -0.116. The first-order chi connectivity index (χ1) is 15.8. The van der Waals surface area contributed by atoms with Crippen molar-refractivity contribution in [3.8, 4) is 5.69 Å². The number of aromatic nitrogens is 3. The van der Waals surface area contributed by atoms with Crippen LogP contribution >= 0.6 is 11.3 Å². The van der Waals surface area contributed by atoms with Crippen LogP contribution in [0.15, 0.2) is 75.4 Å². The van der Waals surface area contributed by atoms with Gasteiger partial charge in [0.15, 0.2) is 15.6 Å². The Kier molecular flexibility index (Phi) is 5.18. The smallest absolute Gasteiger partial charge is 0.263 e. The number of halogens is 1. The maximum Gasteiger partial charge on any atom is 0.263 e. The number of H-pyrrole nitrogens is 1. The number of fused-ring (bicyclic) bond motifs is 2. The second-order valence-electron chi connectivity index (χ2n) is 7.54. The normalized spacial score (nSPS) is 11.9. The Bertz CT molecular complexity index is 1690. The average molecular weight is 482 g/mol. The first kappa shape index (κ1) is 21.2. The van der Waals surface area contributed by atoms with Crippen molar-refractivity contribution < 1.29 is 17.6 Å². The molecule has 0 aliphatic rings. The number of hydrogen-bond donors (Lipinski definition) is 1. The summed E-state index contributed by atoms with van der Waals surface area (Å²) in [6.07, 6.45) is 2.79. The maximum atomic E-state index is 14.9. The van der Waals surface area contributed by atoms with Crippen molar-refractivity contribution >= 4 is 48.8 Å². The number of Topliss-reactive ketones (excluding diaryl/α,β-unsaturated/α-hetero) is 1. The van der Waals surface area contributed by atoms with E-state index in [-0.39, 0.29) is 16.3 Å². The molecule has 0 spiro atoms. The van der Waals surface area contributed by atoms with Crippen molar-refractivity contribution in [3.05, 3.63) is 88.2 Å². The quantitative estimate of drug-likeness (QED) is 0.399. The molecule has 0 saturated heterocycles. The predicted octanol–water partition coefficient (Wildman–Crippen LogP) is 3.65. The second kappa shape index (κ2) is 8.05. The molecule has 0 saturated carbocycles. The minimum absolute atomic E-state index is 0.0337. The van der Waals surface area contributed by atoms with Crippen LogP contribution in [0, 0.1) is 5.82 Å². The minimum Gasteiger partial charge on any atom is -0.345 e. The van der Waals surface area contributed by atoms with E-state index in [1.807, 2.05) is 0 Å². The molecule has 0 aliphatic carbocycles. The van der Waals surface area contributed by atoms with E-state index in [0.717, 1.165) is 22.9 Å². The Morgan fingerprint density at radius 1 is 1.15 bits per heavy atom. The molecule has 0 radical (unpaired) electrons. The Hall–Kier alpha value is -3.63. The van der Waals surface area contributed by atoms with Crippen LogP contribution in [-0.4, -0.2) is 34.5 Å². The molecule has 2 aromatic carbocycles. The summed E-state index contributed by atoms with van der Waals surface area (Å²) in [5.41, 5.74) is 1.38. The predicted molar refractivity (Wildman–Crippen MR) is 124 cm³/mol. The third kappa shape index (κ3) is 3.98. The number of rotatable bonds is 6. The molecule has 0 aliphatic heterocycles. The van der Waals surface area contributed by atoms with Gasteiger partial charge in [0, 0.05) is 18.0 Å². The van der Waals surface area contributed by atoms with Crippen LogP contribution in [0.2, 0.25) is 0 Å². The van der Waals surface area contributed by atoms with Gasteiger partial charge in [0.05, 0.1) is 23.0 Å². The molecule has 7 nitrogen and oxygen atoms in total. The van der Waals surface area contributed by atoms with Crippen LogP contribution in [0.4, 0.5) is 4.39 Å². The molecule has 5 aromatic rings. The highest BCUT2D eigenvalue weighted by Gasteiger charge is 2.21. The van der Waals surface area contributed by atoms with Crippen molar-refractivity contribution in [1.82, 2.24) is 14.5 Å². The number of aromatic amines is 1. The van der Waals surface area contributed by atoms with E-state index in [1.165, 1.54) is 35.3 Å². The van der Waals surface area contributed by atoms with Gasteiger partial charge in [0.2, 0.25) is 0 Å². The van der Waals surface area contributed by atoms with Gasteiger partial charge in [-0.15, -0.1) is 11.3 Å². The number of nitrogens with zero attached hydrogens (tertiary/aromatic N) is 2. The molecule has 0 atom stereocenters. The zero-order valence-corrected chi connectivity index (χ0v) is 18.6. The molecule has 0 fully saturated rings. The standard InChI is InChI=1S/C23H16FN3O4S2/c24-18-9-14(8-16(28)12-33(30,31)22-2-1-7-32-22)3-4-21(18)27-6-5-15-10-19-20(26-13-25-19)11-17(15)23(27)29/h1-7,9-11,13H,8,12H2,(H,25,26). The highest BCUT2D eigenvalue weighted by atomic mass is 32.2. The van der Waals surface area contributed by atoms with Gasteiger partial charge in [-0.25, -0.2) is 17.8 Å². The molecule has 0 amide bonds. The van der Waals surface area contributed by atoms with Crippen LogP contribution < -0.4 is 5.56 Å². The molecule has 166 valence electrons. The van der Waals surface area contributed by atoms with Gasteiger partial charge in [-0.05, 0) is 52.7 Å². The van der Waals surface area contributed by atoms with Gasteiger partial charge in [-0.3, -0.25) is 14.2 Å². The van der Waals surface area contributed by atoms with Crippen LogP contribution in [0.5, 0.6) is 0 Å². The summed E-state index contributed by atoms with van der Waals surface area (Å²) in [6, 6.07) is 12.3. The van der Waals surface area contributed by atoms with E-state index >= 15 is 0 Å². The Labute approximate surface area is 191 Å². The van der Waals surface area contributed by atoms with Gasteiger partial charge in [0.25, 0.3) is 5.56 Å². The minimum atomic E-state index is -3.71. The van der Waals surface area contributed by atoms with Crippen molar-refractivity contribution in [2.75, 3.05) is 5.75 Å². The number of ketones is 1. The summed E-state index contributed by atoms with van der Waals surface area (Å²) in [5, 5.41) is 2.72. The lowest BCUT2D eigenvalue weighted by atomic mass is 10.1. The van der Waals surface area contributed by atoms with E-state index in [0.29, 0.717) is 21.9 Å². The first-order valence-corrected chi connectivity index (χ1v) is 12.4. The van der Waals surface area contributed by atoms with Gasteiger partial charge >= 0.3 is 0 Å². The fraction of sp³-hybridized carbons (Fsp3) is 0.0870. The molecular weight excluding hydrogens is 465 g/mol. The van der Waals surface area contributed by atoms with E-state index < -0.39 is 32.7 Å². The fourth-order valence-electron chi connectivity index (χ4n) is 3.72. The highest BCUT2D eigenvalue weighted by molar-refractivity contribution is 7.94. The molecule has 3 aromatic heterocycles. The zero-order valence-electron chi connectivity index (χ0n) is 17.0. The third-order valence-corrected chi connectivity index (χ3v) is 8.43. The molecule has 3 heterocycles. The van der Waals surface area contributed by atoms with Crippen molar-refractivity contribution in [3.63, 3.8) is 0 Å². The Morgan fingerprint density at radius 2 is 2.00 bits per heavy atom. The van der Waals surface area contributed by atoms with Gasteiger partial charge < -0.3 is 4.98 Å². The van der Waals surface area contributed by atoms with E-state index in [9.17, 15) is 22.4 Å². The number of sulfone groups is 1. The van der Waals surface area contributed by atoms with E-state index in [4.69, 9.17) is 0 Å². The summed E-state index contributed by atoms with van der Waals surface area (Å²) in [7, 11) is -3.71. The first-order valence-electron chi connectivity index (χ1n) is 9.87. The van der Waals surface area contributed by atoms with Gasteiger partial charge in [-0.2, -0.15) is 0 Å². The molecule has 5 rings (SSSR count). The van der Waals surface area contributed by atoms with Crippen LogP contribution in [0.25, 0.3) is 27.5 Å². The molecular formula is C23H16FN3O4S2. The third-order valence-electron chi connectivity index (χ3n) is 5.27. The lowest BCUT2D eigenvalue weighted by Gasteiger charge is -2.10. The summed E-state index contributed by atoms with van der Waals surface area (Å²) in [5.74, 6) is -1.88. The maximum absolute atomic E-state index is 14.9. The number of nitrogens with one attached hydrogen (secondary N) is 1. The van der Waals surface area contributed by atoms with Crippen molar-refractivity contribution in [2.24, 2.45) is 0 Å². The number of imidazole rings is 1. The number of pyridine rings is 1. The van der Waals surface area contributed by atoms with Gasteiger partial charge in [-0.1, -0.05) is 12.1 Å². The Morgan fingerprint density at radius 3 is 2.76 bits per heavy atom. The number of hydrogen-bond acceptors (Lipinski definition) is 6. The summed E-state index contributed by atoms with van der Waals surface area (Å²) >= 11 is 1.05. The van der Waals surface area contributed by atoms with Crippen LogP contribution in [0.1, 0.15) is 5.56 Å². The van der Waals surface area contributed by atoms with E-state index in [2.05, 4.69) is 9.97 Å². The largest absolute Gasteiger partial charge is 0.345 e. The lowest BCUT2D eigenvalue weighted by Crippen LogP contribution is -2.19. The van der Waals surface area contributed by atoms with E-state index in [1.54, 1.807) is 29.6 Å². The topological polar surface area (TPSA) is 102 Å². The molecule has 1 N–H and O–H groups in total. The molecule has 0 bridgehead atoms. The number of thiophene rings is 1. The average Bonchev–Trinajstić information content (AvgIpc) is 3.45. The SMILES string of the molecule is O=C(Cc1ccc(-n2ccc3cc4[nH]cnc4cc3c2=O)c(F)c1)CS(=O)(=O)c1cccs1. The molecule has 0 unspecified atom stereocenters. The number of benzene rings is 2.